The molecule has 0 radical (unpaired) electrons. The van der Waals surface area contributed by atoms with Crippen LogP contribution in [0.2, 0.25) is 0 Å². The number of nitrogens with one attached hydrogen (secondary N) is 1. The van der Waals surface area contributed by atoms with Crippen LogP contribution in [0.15, 0.2) is 24.3 Å². The average molecular weight is 273 g/mol. The third-order valence-electron chi connectivity index (χ3n) is 4.49. The van der Waals surface area contributed by atoms with Gasteiger partial charge in [0, 0.05) is 17.7 Å². The van der Waals surface area contributed by atoms with Crippen molar-refractivity contribution in [3.05, 3.63) is 29.8 Å². The maximum Gasteiger partial charge on any atom is 0.261 e. The van der Waals surface area contributed by atoms with E-state index >= 15 is 0 Å². The number of amides is 1. The van der Waals surface area contributed by atoms with Crippen molar-refractivity contribution in [2.45, 2.75) is 44.1 Å². The lowest BCUT2D eigenvalue weighted by atomic mass is 9.74. The van der Waals surface area contributed by atoms with Crippen molar-refractivity contribution in [3.63, 3.8) is 0 Å². The first kappa shape index (κ1) is 13.3. The van der Waals surface area contributed by atoms with E-state index in [1.54, 1.807) is 18.2 Å². The van der Waals surface area contributed by atoms with Gasteiger partial charge in [-0.1, -0.05) is 37.5 Å². The van der Waals surface area contributed by atoms with E-state index in [-0.39, 0.29) is 5.78 Å². The van der Waals surface area contributed by atoms with Gasteiger partial charge in [0.2, 0.25) is 0 Å². The highest BCUT2D eigenvalue weighted by atomic mass is 16.3. The summed E-state index contributed by atoms with van der Waals surface area (Å²) < 4.78 is 0. The second kappa shape index (κ2) is 5.02. The van der Waals surface area contributed by atoms with Crippen LogP contribution >= 0.6 is 0 Å². The van der Waals surface area contributed by atoms with Crippen LogP contribution in [0.4, 0.5) is 5.69 Å². The standard InChI is InChI=1S/C16H19NO3/c18-14-10-4-2-1-3-8-12(14)16(20)11-7-5-6-9-13(11)17-15(16)19/h5-7,9,12,20H,1-4,8,10H2,(H,17,19)/t12-,16+/m0/s1. The van der Waals surface area contributed by atoms with Crippen LogP contribution in [0.3, 0.4) is 0 Å². The molecule has 0 spiro atoms. The zero-order valence-electron chi connectivity index (χ0n) is 11.4. The Hall–Kier alpha value is -1.68. The molecule has 1 aromatic rings. The van der Waals surface area contributed by atoms with Crippen molar-refractivity contribution in [1.82, 2.24) is 0 Å². The molecular formula is C16H19NO3. The van der Waals surface area contributed by atoms with Gasteiger partial charge in [0.15, 0.2) is 5.60 Å². The first-order valence-electron chi connectivity index (χ1n) is 7.30. The molecule has 1 fully saturated rings. The fourth-order valence-electron chi connectivity index (χ4n) is 3.39. The molecule has 4 nitrogen and oxygen atoms in total. The molecule has 20 heavy (non-hydrogen) atoms. The molecule has 4 heteroatoms. The quantitative estimate of drug-likeness (QED) is 0.825. The Morgan fingerprint density at radius 2 is 1.85 bits per heavy atom. The van der Waals surface area contributed by atoms with Gasteiger partial charge >= 0.3 is 0 Å². The molecule has 1 heterocycles. The Kier molecular flexibility index (Phi) is 3.34. The van der Waals surface area contributed by atoms with Gasteiger partial charge in [-0.15, -0.1) is 0 Å². The predicted molar refractivity (Wildman–Crippen MR) is 75.2 cm³/mol. The number of hydrogen-bond acceptors (Lipinski definition) is 3. The first-order valence-corrected chi connectivity index (χ1v) is 7.30. The van der Waals surface area contributed by atoms with Crippen LogP contribution < -0.4 is 5.32 Å². The largest absolute Gasteiger partial charge is 0.375 e. The molecule has 1 aliphatic heterocycles. The molecule has 0 aromatic heterocycles. The van der Waals surface area contributed by atoms with Gasteiger partial charge in [0.05, 0.1) is 5.92 Å². The maximum absolute atomic E-state index is 12.4. The fraction of sp³-hybridized carbons (Fsp3) is 0.500. The second-order valence-electron chi connectivity index (χ2n) is 5.74. The molecule has 1 aromatic carbocycles. The summed E-state index contributed by atoms with van der Waals surface area (Å²) >= 11 is 0. The maximum atomic E-state index is 12.4. The Morgan fingerprint density at radius 3 is 2.70 bits per heavy atom. The Balaban J connectivity index is 2.01. The molecule has 2 atom stereocenters. The zero-order valence-corrected chi connectivity index (χ0v) is 11.4. The van der Waals surface area contributed by atoms with Gasteiger partial charge in [-0.2, -0.15) is 0 Å². The van der Waals surface area contributed by atoms with E-state index in [0.29, 0.717) is 24.1 Å². The van der Waals surface area contributed by atoms with Crippen molar-refractivity contribution in [2.75, 3.05) is 5.32 Å². The third kappa shape index (κ3) is 1.95. The van der Waals surface area contributed by atoms with Gasteiger partial charge in [-0.25, -0.2) is 0 Å². The van der Waals surface area contributed by atoms with Crippen LogP contribution in [-0.2, 0) is 15.2 Å². The van der Waals surface area contributed by atoms with Crippen LogP contribution in [0.1, 0.15) is 44.1 Å². The highest BCUT2D eigenvalue weighted by molar-refractivity contribution is 6.07. The van der Waals surface area contributed by atoms with E-state index in [2.05, 4.69) is 5.32 Å². The lowest BCUT2D eigenvalue weighted by Gasteiger charge is -2.31. The SMILES string of the molecule is O=C1CCCCCC[C@@H]1[C@@]1(O)C(=O)Nc2ccccc21. The molecule has 0 unspecified atom stereocenters. The monoisotopic (exact) mass is 273 g/mol. The van der Waals surface area contributed by atoms with E-state index < -0.39 is 17.4 Å². The normalized spacial score (nSPS) is 30.4. The molecule has 0 saturated heterocycles. The Morgan fingerprint density at radius 1 is 1.10 bits per heavy atom. The van der Waals surface area contributed by atoms with Gasteiger partial charge in [0.25, 0.3) is 5.91 Å². The lowest BCUT2D eigenvalue weighted by Crippen LogP contribution is -2.45. The van der Waals surface area contributed by atoms with Crippen LogP contribution in [0.25, 0.3) is 0 Å². The summed E-state index contributed by atoms with van der Waals surface area (Å²) in [6.45, 7) is 0. The van der Waals surface area contributed by atoms with Crippen LogP contribution in [0.5, 0.6) is 0 Å². The second-order valence-corrected chi connectivity index (χ2v) is 5.74. The molecule has 1 amide bonds. The average Bonchev–Trinajstić information content (AvgIpc) is 2.67. The summed E-state index contributed by atoms with van der Waals surface area (Å²) in [5.74, 6) is -1.07. The molecule has 3 rings (SSSR count). The van der Waals surface area contributed by atoms with Crippen LogP contribution in [0, 0.1) is 5.92 Å². The molecule has 1 saturated carbocycles. The molecule has 2 aliphatic rings. The van der Waals surface area contributed by atoms with Crippen molar-refractivity contribution < 1.29 is 14.7 Å². The summed E-state index contributed by atoms with van der Waals surface area (Å²) in [5, 5.41) is 13.7. The highest BCUT2D eigenvalue weighted by Gasteiger charge is 2.53. The van der Waals surface area contributed by atoms with E-state index in [1.807, 2.05) is 6.07 Å². The third-order valence-corrected chi connectivity index (χ3v) is 4.49. The minimum absolute atomic E-state index is 0.0130. The fourth-order valence-corrected chi connectivity index (χ4v) is 3.39. The van der Waals surface area contributed by atoms with Gasteiger partial charge in [0.1, 0.15) is 5.78 Å². The first-order chi connectivity index (χ1) is 9.64. The number of anilines is 1. The number of hydrogen-bond donors (Lipinski definition) is 2. The number of aliphatic hydroxyl groups is 1. The summed E-state index contributed by atoms with van der Waals surface area (Å²) in [6, 6.07) is 7.10. The Labute approximate surface area is 118 Å². The highest BCUT2D eigenvalue weighted by Crippen LogP contribution is 2.44. The summed E-state index contributed by atoms with van der Waals surface area (Å²) in [6.07, 6.45) is 4.89. The molecule has 0 bridgehead atoms. The Bertz CT molecular complexity index is 554. The van der Waals surface area contributed by atoms with Crippen molar-refractivity contribution in [3.8, 4) is 0 Å². The zero-order chi connectivity index (χ0) is 14.2. The number of ketones is 1. The van der Waals surface area contributed by atoms with Crippen LogP contribution in [-0.4, -0.2) is 16.8 Å². The molecular weight excluding hydrogens is 254 g/mol. The molecule has 1 aliphatic carbocycles. The van der Waals surface area contributed by atoms with Gasteiger partial charge in [-0.3, -0.25) is 9.59 Å². The molecule has 106 valence electrons. The lowest BCUT2D eigenvalue weighted by molar-refractivity contribution is -0.149. The number of rotatable bonds is 1. The van der Waals surface area contributed by atoms with Crippen molar-refractivity contribution in [2.24, 2.45) is 5.92 Å². The van der Waals surface area contributed by atoms with E-state index in [0.717, 1.165) is 25.7 Å². The summed E-state index contributed by atoms with van der Waals surface area (Å²) in [7, 11) is 0. The number of para-hydroxylation sites is 1. The van der Waals surface area contributed by atoms with Gasteiger partial charge < -0.3 is 10.4 Å². The van der Waals surface area contributed by atoms with E-state index in [4.69, 9.17) is 0 Å². The number of Topliss-reactive ketones (excluding diaryl/α,β-unsaturated/α-hetero) is 1. The summed E-state index contributed by atoms with van der Waals surface area (Å²) in [5.41, 5.74) is -0.524. The minimum atomic E-state index is -1.69. The van der Waals surface area contributed by atoms with Crippen molar-refractivity contribution in [1.29, 1.82) is 0 Å². The van der Waals surface area contributed by atoms with E-state index in [1.165, 1.54) is 0 Å². The summed E-state index contributed by atoms with van der Waals surface area (Å²) in [4.78, 5) is 24.7. The minimum Gasteiger partial charge on any atom is -0.375 e. The molecule has 2 N–H and O–H groups in total. The van der Waals surface area contributed by atoms with Gasteiger partial charge in [-0.05, 0) is 18.9 Å². The number of benzene rings is 1. The number of carbonyl (C=O) groups is 2. The van der Waals surface area contributed by atoms with E-state index in [9.17, 15) is 14.7 Å². The number of carbonyl (C=O) groups excluding carboxylic acids is 2. The topological polar surface area (TPSA) is 66.4 Å². The smallest absolute Gasteiger partial charge is 0.261 e. The van der Waals surface area contributed by atoms with Crippen molar-refractivity contribution >= 4 is 17.4 Å². The number of fused-ring (bicyclic) bond motifs is 1. The predicted octanol–water partition coefficient (Wildman–Crippen LogP) is 2.37.